The van der Waals surface area contributed by atoms with E-state index in [4.69, 9.17) is 9.52 Å². The van der Waals surface area contributed by atoms with Gasteiger partial charge in [-0.2, -0.15) is 0 Å². The van der Waals surface area contributed by atoms with E-state index in [2.05, 4.69) is 0 Å². The molecule has 3 rings (SSSR count). The van der Waals surface area contributed by atoms with Crippen LogP contribution in [0.2, 0.25) is 0 Å². The number of hydrogen-bond donors (Lipinski definition) is 1. The number of carbonyl (C=O) groups is 1. The molecule has 0 bridgehead atoms. The molecule has 0 aliphatic heterocycles. The Morgan fingerprint density at radius 1 is 1.33 bits per heavy atom. The van der Waals surface area contributed by atoms with Gasteiger partial charge in [-0.25, -0.2) is 4.79 Å². The largest absolute Gasteiger partial charge is 0.478 e. The average Bonchev–Trinajstić information content (AvgIpc) is 2.73. The molecule has 1 aliphatic carbocycles. The quantitative estimate of drug-likeness (QED) is 0.769. The van der Waals surface area contributed by atoms with Gasteiger partial charge in [0.05, 0.1) is 0 Å². The first-order chi connectivity index (χ1) is 7.25. The molecule has 74 valence electrons. The minimum Gasteiger partial charge on any atom is -0.478 e. The maximum atomic E-state index is 10.8. The second kappa shape index (κ2) is 2.73. The van der Waals surface area contributed by atoms with Crippen molar-refractivity contribution in [2.45, 2.75) is 6.42 Å². The van der Waals surface area contributed by atoms with Crippen LogP contribution in [0, 0.1) is 0 Å². The third-order valence-corrected chi connectivity index (χ3v) is 2.68. The molecule has 1 heterocycles. The Kier molecular flexibility index (Phi) is 1.51. The Bertz CT molecular complexity index is 590. The van der Waals surface area contributed by atoms with E-state index in [0.717, 1.165) is 16.5 Å². The van der Waals surface area contributed by atoms with Gasteiger partial charge in [0.2, 0.25) is 0 Å². The van der Waals surface area contributed by atoms with E-state index in [-0.39, 0.29) is 0 Å². The van der Waals surface area contributed by atoms with Crippen molar-refractivity contribution in [3.05, 3.63) is 41.2 Å². The lowest BCUT2D eigenvalue weighted by Crippen LogP contribution is -1.99. The van der Waals surface area contributed by atoms with Crippen LogP contribution in [0.3, 0.4) is 0 Å². The first kappa shape index (κ1) is 8.29. The lowest BCUT2D eigenvalue weighted by atomic mass is 10.1. The van der Waals surface area contributed by atoms with Crippen LogP contribution in [0.1, 0.15) is 11.3 Å². The molecule has 0 atom stereocenters. The van der Waals surface area contributed by atoms with Crippen LogP contribution in [0.15, 0.2) is 34.3 Å². The van der Waals surface area contributed by atoms with Crippen LogP contribution < -0.4 is 0 Å². The first-order valence-corrected chi connectivity index (χ1v) is 4.70. The van der Waals surface area contributed by atoms with E-state index in [1.165, 1.54) is 0 Å². The van der Waals surface area contributed by atoms with Gasteiger partial charge < -0.3 is 9.52 Å². The number of carboxylic acid groups (broad SMARTS) is 1. The Morgan fingerprint density at radius 3 is 2.93 bits per heavy atom. The van der Waals surface area contributed by atoms with Crippen molar-refractivity contribution in [1.29, 1.82) is 0 Å². The molecule has 0 fully saturated rings. The van der Waals surface area contributed by atoms with Gasteiger partial charge in [0.15, 0.2) is 0 Å². The lowest BCUT2D eigenvalue weighted by Gasteiger charge is -1.93. The standard InChI is InChI=1S/C12H8O3/c13-12(14)7-5-9-8-3-1-2-4-10(8)15-11(9)6-7/h1-4,6H,5H2,(H,13,14). The fourth-order valence-corrected chi connectivity index (χ4v) is 1.95. The van der Waals surface area contributed by atoms with E-state index in [1.807, 2.05) is 24.3 Å². The molecule has 0 unspecified atom stereocenters. The number of hydrogen-bond acceptors (Lipinski definition) is 2. The second-order valence-corrected chi connectivity index (χ2v) is 3.59. The van der Waals surface area contributed by atoms with Gasteiger partial charge in [-0.05, 0) is 12.1 Å². The van der Waals surface area contributed by atoms with Gasteiger partial charge in [0, 0.05) is 22.9 Å². The van der Waals surface area contributed by atoms with Crippen molar-refractivity contribution in [1.82, 2.24) is 0 Å². The summed E-state index contributed by atoms with van der Waals surface area (Å²) >= 11 is 0. The number of aliphatic carboxylic acids is 1. The van der Waals surface area contributed by atoms with Gasteiger partial charge in [-0.15, -0.1) is 0 Å². The minimum atomic E-state index is -0.870. The summed E-state index contributed by atoms with van der Waals surface area (Å²) in [5.74, 6) is -0.181. The number of carboxylic acids is 1. The normalized spacial score (nSPS) is 14.0. The van der Waals surface area contributed by atoms with Crippen LogP contribution in [-0.4, -0.2) is 11.1 Å². The van der Waals surface area contributed by atoms with Gasteiger partial charge in [0.1, 0.15) is 11.3 Å². The molecule has 1 aromatic heterocycles. The summed E-state index contributed by atoms with van der Waals surface area (Å²) in [6.45, 7) is 0. The third-order valence-electron chi connectivity index (χ3n) is 2.68. The number of furan rings is 1. The Hall–Kier alpha value is -2.03. The summed E-state index contributed by atoms with van der Waals surface area (Å²) < 4.78 is 5.55. The molecular weight excluding hydrogens is 192 g/mol. The topological polar surface area (TPSA) is 50.4 Å². The summed E-state index contributed by atoms with van der Waals surface area (Å²) in [7, 11) is 0. The van der Waals surface area contributed by atoms with E-state index in [1.54, 1.807) is 6.08 Å². The molecule has 15 heavy (non-hydrogen) atoms. The second-order valence-electron chi connectivity index (χ2n) is 3.59. The summed E-state index contributed by atoms with van der Waals surface area (Å²) in [5.41, 5.74) is 2.21. The van der Waals surface area contributed by atoms with E-state index >= 15 is 0 Å². The number of benzene rings is 1. The van der Waals surface area contributed by atoms with Crippen molar-refractivity contribution in [2.24, 2.45) is 0 Å². The molecular formula is C12H8O3. The van der Waals surface area contributed by atoms with E-state index in [0.29, 0.717) is 17.8 Å². The molecule has 2 aromatic rings. The highest BCUT2D eigenvalue weighted by Gasteiger charge is 2.23. The summed E-state index contributed by atoms with van der Waals surface area (Å²) in [6, 6.07) is 7.68. The molecule has 1 aliphatic rings. The number of rotatable bonds is 1. The molecule has 1 aromatic carbocycles. The molecule has 0 saturated heterocycles. The fraction of sp³-hybridized carbons (Fsp3) is 0.0833. The maximum absolute atomic E-state index is 10.8. The Balaban J connectivity index is 2.22. The minimum absolute atomic E-state index is 0.398. The van der Waals surface area contributed by atoms with E-state index in [9.17, 15) is 4.79 Å². The molecule has 1 N–H and O–H groups in total. The van der Waals surface area contributed by atoms with Gasteiger partial charge in [-0.3, -0.25) is 0 Å². The van der Waals surface area contributed by atoms with Crippen LogP contribution in [0.25, 0.3) is 17.0 Å². The highest BCUT2D eigenvalue weighted by atomic mass is 16.4. The van der Waals surface area contributed by atoms with Crippen molar-refractivity contribution in [3.8, 4) is 0 Å². The zero-order chi connectivity index (χ0) is 10.4. The maximum Gasteiger partial charge on any atom is 0.332 e. The Morgan fingerprint density at radius 2 is 2.13 bits per heavy atom. The summed E-state index contributed by atoms with van der Waals surface area (Å²) in [6.07, 6.45) is 2.07. The van der Waals surface area contributed by atoms with Crippen LogP contribution in [0.4, 0.5) is 0 Å². The Labute approximate surface area is 85.6 Å². The van der Waals surface area contributed by atoms with Gasteiger partial charge in [-0.1, -0.05) is 18.2 Å². The van der Waals surface area contributed by atoms with E-state index < -0.39 is 5.97 Å². The zero-order valence-corrected chi connectivity index (χ0v) is 7.86. The summed E-state index contributed by atoms with van der Waals surface area (Å²) in [5, 5.41) is 9.88. The smallest absolute Gasteiger partial charge is 0.332 e. The fourth-order valence-electron chi connectivity index (χ4n) is 1.95. The van der Waals surface area contributed by atoms with Gasteiger partial charge >= 0.3 is 5.97 Å². The SMILES string of the molecule is O=C(O)C1=Cc2oc3ccccc3c2C1. The zero-order valence-electron chi connectivity index (χ0n) is 7.86. The predicted molar refractivity (Wildman–Crippen MR) is 55.5 cm³/mol. The van der Waals surface area contributed by atoms with Crippen molar-refractivity contribution < 1.29 is 14.3 Å². The van der Waals surface area contributed by atoms with Crippen LogP contribution in [-0.2, 0) is 11.2 Å². The molecule has 0 radical (unpaired) electrons. The van der Waals surface area contributed by atoms with Crippen molar-refractivity contribution in [3.63, 3.8) is 0 Å². The molecule has 0 saturated carbocycles. The predicted octanol–water partition coefficient (Wildman–Crippen LogP) is 2.46. The number of fused-ring (bicyclic) bond motifs is 3. The first-order valence-electron chi connectivity index (χ1n) is 4.70. The molecule has 0 spiro atoms. The van der Waals surface area contributed by atoms with Crippen LogP contribution in [0.5, 0.6) is 0 Å². The van der Waals surface area contributed by atoms with Crippen molar-refractivity contribution >= 4 is 23.0 Å². The molecule has 3 nitrogen and oxygen atoms in total. The van der Waals surface area contributed by atoms with Gasteiger partial charge in [0.25, 0.3) is 0 Å². The average molecular weight is 200 g/mol. The monoisotopic (exact) mass is 200 g/mol. The third kappa shape index (κ3) is 1.09. The highest BCUT2D eigenvalue weighted by Crippen LogP contribution is 2.34. The molecule has 0 amide bonds. The number of para-hydroxylation sites is 1. The highest BCUT2D eigenvalue weighted by molar-refractivity contribution is 5.98. The van der Waals surface area contributed by atoms with Crippen molar-refractivity contribution in [2.75, 3.05) is 0 Å². The van der Waals surface area contributed by atoms with Crippen LogP contribution >= 0.6 is 0 Å². The molecule has 3 heteroatoms. The lowest BCUT2D eigenvalue weighted by molar-refractivity contribution is -0.132. The summed E-state index contributed by atoms with van der Waals surface area (Å²) in [4.78, 5) is 10.8.